The van der Waals surface area contributed by atoms with Crippen LogP contribution in [0.2, 0.25) is 0 Å². The van der Waals surface area contributed by atoms with Crippen molar-refractivity contribution in [3.05, 3.63) is 0 Å². The van der Waals surface area contributed by atoms with Crippen LogP contribution in [0.5, 0.6) is 6.01 Å². The minimum absolute atomic E-state index is 0.0449. The number of nitrogens with one attached hydrogen (secondary N) is 2. The Morgan fingerprint density at radius 1 is 1.28 bits per heavy atom. The van der Waals surface area contributed by atoms with Crippen molar-refractivity contribution in [2.45, 2.75) is 26.9 Å². The molecule has 1 aromatic rings. The van der Waals surface area contributed by atoms with Crippen molar-refractivity contribution < 1.29 is 9.53 Å². The zero-order chi connectivity index (χ0) is 13.5. The summed E-state index contributed by atoms with van der Waals surface area (Å²) in [6, 6.07) is 0.197. The number of nitrogens with zero attached hydrogens (tertiary/aromatic N) is 3. The number of anilines is 2. The van der Waals surface area contributed by atoms with Gasteiger partial charge in [-0.05, 0) is 20.8 Å². The average Bonchev–Trinajstić information content (AvgIpc) is 2.25. The molecule has 1 heterocycles. The van der Waals surface area contributed by atoms with Gasteiger partial charge in [-0.1, -0.05) is 0 Å². The van der Waals surface area contributed by atoms with Crippen molar-refractivity contribution in [3.8, 4) is 6.01 Å². The molecule has 18 heavy (non-hydrogen) atoms. The molecule has 0 saturated carbocycles. The summed E-state index contributed by atoms with van der Waals surface area (Å²) in [4.78, 5) is 22.9. The molecule has 0 bridgehead atoms. The monoisotopic (exact) mass is 254 g/mol. The molecule has 0 aliphatic heterocycles. The number of carbonyl (C=O) groups excluding carboxylic acids is 1. The van der Waals surface area contributed by atoms with Crippen LogP contribution in [0.4, 0.5) is 11.9 Å². The van der Waals surface area contributed by atoms with E-state index < -0.39 is 5.91 Å². The minimum Gasteiger partial charge on any atom is -0.461 e. The lowest BCUT2D eigenvalue weighted by atomic mass is 10.5. The zero-order valence-electron chi connectivity index (χ0n) is 10.7. The number of rotatable bonds is 7. The van der Waals surface area contributed by atoms with Crippen LogP contribution < -0.4 is 21.1 Å². The van der Waals surface area contributed by atoms with E-state index >= 15 is 0 Å². The van der Waals surface area contributed by atoms with E-state index in [4.69, 9.17) is 10.5 Å². The topological polar surface area (TPSA) is 115 Å². The number of aromatic nitrogens is 3. The smallest absolute Gasteiger partial charge is 0.323 e. The fourth-order valence-corrected chi connectivity index (χ4v) is 1.10. The second-order valence-electron chi connectivity index (χ2n) is 3.78. The van der Waals surface area contributed by atoms with Crippen LogP contribution in [0.25, 0.3) is 0 Å². The first-order valence-electron chi connectivity index (χ1n) is 5.70. The van der Waals surface area contributed by atoms with Gasteiger partial charge < -0.3 is 21.1 Å². The van der Waals surface area contributed by atoms with Gasteiger partial charge in [-0.3, -0.25) is 4.79 Å². The first-order chi connectivity index (χ1) is 8.51. The molecule has 1 rings (SSSR count). The van der Waals surface area contributed by atoms with E-state index in [0.717, 1.165) is 0 Å². The van der Waals surface area contributed by atoms with E-state index in [0.29, 0.717) is 12.5 Å². The van der Waals surface area contributed by atoms with Gasteiger partial charge in [-0.2, -0.15) is 15.0 Å². The maximum atomic E-state index is 10.7. The Morgan fingerprint density at radius 2 is 1.89 bits per heavy atom. The summed E-state index contributed by atoms with van der Waals surface area (Å²) in [7, 11) is 0. The van der Waals surface area contributed by atoms with Crippen LogP contribution in [0.1, 0.15) is 20.8 Å². The second kappa shape index (κ2) is 6.58. The summed E-state index contributed by atoms with van der Waals surface area (Å²) in [6.45, 7) is 6.28. The fraction of sp³-hybridized carbons (Fsp3) is 0.600. The Hall–Kier alpha value is -2.12. The van der Waals surface area contributed by atoms with Crippen LogP contribution in [-0.4, -0.2) is 40.1 Å². The summed E-state index contributed by atoms with van der Waals surface area (Å²) >= 11 is 0. The number of nitrogens with two attached hydrogens (primary N) is 1. The van der Waals surface area contributed by atoms with Crippen LogP contribution in [0, 0.1) is 0 Å². The summed E-state index contributed by atoms with van der Waals surface area (Å²) < 4.78 is 5.39. The minimum atomic E-state index is -0.494. The van der Waals surface area contributed by atoms with Crippen molar-refractivity contribution in [3.63, 3.8) is 0 Å². The number of hydrogen-bond donors (Lipinski definition) is 3. The molecule has 0 aliphatic rings. The van der Waals surface area contributed by atoms with Gasteiger partial charge in [-0.15, -0.1) is 0 Å². The van der Waals surface area contributed by atoms with Gasteiger partial charge in [0.25, 0.3) is 0 Å². The maximum absolute atomic E-state index is 10.7. The number of primary amides is 1. The highest BCUT2D eigenvalue weighted by molar-refractivity contribution is 5.78. The van der Waals surface area contributed by atoms with Gasteiger partial charge >= 0.3 is 6.01 Å². The van der Waals surface area contributed by atoms with Crippen molar-refractivity contribution in [2.24, 2.45) is 5.73 Å². The highest BCUT2D eigenvalue weighted by Gasteiger charge is 2.08. The van der Waals surface area contributed by atoms with Crippen LogP contribution in [-0.2, 0) is 4.79 Å². The summed E-state index contributed by atoms with van der Waals surface area (Å²) in [5, 5.41) is 5.65. The Bertz CT molecular complexity index is 409. The van der Waals surface area contributed by atoms with E-state index in [9.17, 15) is 4.79 Å². The summed E-state index contributed by atoms with van der Waals surface area (Å²) in [6.07, 6.45) is -0.0501. The molecule has 0 unspecified atom stereocenters. The number of carbonyl (C=O) groups is 1. The normalized spacial score (nSPS) is 10.2. The van der Waals surface area contributed by atoms with Crippen LogP contribution >= 0.6 is 0 Å². The van der Waals surface area contributed by atoms with Crippen molar-refractivity contribution in [1.29, 1.82) is 0 Å². The molecule has 0 spiro atoms. The Labute approximate surface area is 105 Å². The van der Waals surface area contributed by atoms with E-state index in [1.165, 1.54) is 0 Å². The van der Waals surface area contributed by atoms with Gasteiger partial charge in [-0.25, -0.2) is 0 Å². The number of amides is 1. The summed E-state index contributed by atoms with van der Waals surface area (Å²) in [5.74, 6) is 0.136. The molecule has 8 nitrogen and oxygen atoms in total. The first-order valence-corrected chi connectivity index (χ1v) is 5.70. The van der Waals surface area contributed by atoms with Gasteiger partial charge in [0.2, 0.25) is 17.8 Å². The molecule has 0 saturated heterocycles. The highest BCUT2D eigenvalue weighted by Crippen LogP contribution is 2.12. The quantitative estimate of drug-likeness (QED) is 0.626. The molecule has 0 aromatic carbocycles. The fourth-order valence-electron chi connectivity index (χ4n) is 1.10. The van der Waals surface area contributed by atoms with Crippen molar-refractivity contribution >= 4 is 17.8 Å². The third-order valence-corrected chi connectivity index (χ3v) is 1.71. The van der Waals surface area contributed by atoms with E-state index in [1.807, 2.05) is 20.8 Å². The lowest BCUT2D eigenvalue weighted by Crippen LogP contribution is -2.23. The van der Waals surface area contributed by atoms with Gasteiger partial charge in [0, 0.05) is 6.54 Å². The molecule has 1 aromatic heterocycles. The van der Waals surface area contributed by atoms with E-state index in [1.54, 1.807) is 0 Å². The number of ether oxygens (including phenoxy) is 1. The summed E-state index contributed by atoms with van der Waals surface area (Å²) in [5.41, 5.74) is 5.04. The zero-order valence-corrected chi connectivity index (χ0v) is 10.7. The lowest BCUT2D eigenvalue weighted by molar-refractivity contribution is -0.116. The lowest BCUT2D eigenvalue weighted by Gasteiger charge is -2.11. The third kappa shape index (κ3) is 4.81. The number of hydrogen-bond acceptors (Lipinski definition) is 7. The van der Waals surface area contributed by atoms with Gasteiger partial charge in [0.15, 0.2) is 0 Å². The van der Waals surface area contributed by atoms with Crippen molar-refractivity contribution in [1.82, 2.24) is 15.0 Å². The maximum Gasteiger partial charge on any atom is 0.323 e. The Kier molecular flexibility index (Phi) is 5.09. The van der Waals surface area contributed by atoms with Gasteiger partial charge in [0.1, 0.15) is 0 Å². The van der Waals surface area contributed by atoms with E-state index in [-0.39, 0.29) is 24.6 Å². The SMILES string of the molecule is CCNc1nc(NCC(N)=O)nc(OC(C)C)n1. The molecule has 8 heteroatoms. The largest absolute Gasteiger partial charge is 0.461 e. The van der Waals surface area contributed by atoms with Gasteiger partial charge in [0.05, 0.1) is 12.6 Å². The van der Waals surface area contributed by atoms with Crippen LogP contribution in [0.3, 0.4) is 0 Å². The highest BCUT2D eigenvalue weighted by atomic mass is 16.5. The Morgan fingerprint density at radius 3 is 2.39 bits per heavy atom. The molecule has 1 amide bonds. The Balaban J connectivity index is 2.86. The molecule has 0 fully saturated rings. The first kappa shape index (κ1) is 13.9. The molecular weight excluding hydrogens is 236 g/mol. The van der Waals surface area contributed by atoms with E-state index in [2.05, 4.69) is 25.6 Å². The molecule has 4 N–H and O–H groups in total. The molecule has 0 radical (unpaired) electrons. The molecule has 0 atom stereocenters. The van der Waals surface area contributed by atoms with Crippen LogP contribution in [0.15, 0.2) is 0 Å². The predicted octanol–water partition coefficient (Wildman–Crippen LogP) is -0.0122. The molecular formula is C10H18N6O2. The molecule has 100 valence electrons. The van der Waals surface area contributed by atoms with Crippen molar-refractivity contribution in [2.75, 3.05) is 23.7 Å². The molecule has 0 aliphatic carbocycles. The second-order valence-corrected chi connectivity index (χ2v) is 3.78. The third-order valence-electron chi connectivity index (χ3n) is 1.71. The average molecular weight is 254 g/mol. The predicted molar refractivity (Wildman–Crippen MR) is 67.4 cm³/mol. The standard InChI is InChI=1S/C10H18N6O2/c1-4-12-8-14-9(13-5-7(11)17)16-10(15-8)18-6(2)3/h6H,4-5H2,1-3H3,(H2,11,17)(H2,12,13,14,15,16).